The number of hydrogen-bond acceptors (Lipinski definition) is 3. The number of nitrogens with zero attached hydrogens (tertiary/aromatic N) is 1. The van der Waals surface area contributed by atoms with Crippen molar-refractivity contribution in [2.75, 3.05) is 0 Å². The van der Waals surface area contributed by atoms with E-state index in [1.165, 1.54) is 0 Å². The summed E-state index contributed by atoms with van der Waals surface area (Å²) in [4.78, 5) is 4.26. The minimum atomic E-state index is 0.0774. The van der Waals surface area contributed by atoms with Gasteiger partial charge in [-0.3, -0.25) is 0 Å². The van der Waals surface area contributed by atoms with Crippen LogP contribution in [0.4, 0.5) is 0 Å². The monoisotopic (exact) mass is 204 g/mol. The summed E-state index contributed by atoms with van der Waals surface area (Å²) in [6, 6.07) is 8.29. The van der Waals surface area contributed by atoms with Crippen molar-refractivity contribution in [1.82, 2.24) is 4.98 Å². The molecule has 0 aliphatic heterocycles. The van der Waals surface area contributed by atoms with Crippen LogP contribution in [0.2, 0.25) is 0 Å². The SMILES string of the molecule is CC(N)c1cccc(-c2cscn2)c1. The summed E-state index contributed by atoms with van der Waals surface area (Å²) in [7, 11) is 0. The molecule has 14 heavy (non-hydrogen) atoms. The first-order chi connectivity index (χ1) is 6.77. The molecule has 1 unspecified atom stereocenters. The summed E-state index contributed by atoms with van der Waals surface area (Å²) in [5, 5.41) is 2.04. The zero-order valence-electron chi connectivity index (χ0n) is 7.97. The molecule has 0 saturated carbocycles. The van der Waals surface area contributed by atoms with Crippen LogP contribution < -0.4 is 5.73 Å². The molecule has 0 fully saturated rings. The third-order valence-electron chi connectivity index (χ3n) is 2.14. The van der Waals surface area contributed by atoms with E-state index in [0.717, 1.165) is 16.8 Å². The maximum absolute atomic E-state index is 5.82. The van der Waals surface area contributed by atoms with Crippen LogP contribution in [0.5, 0.6) is 0 Å². The number of nitrogens with two attached hydrogens (primary N) is 1. The molecule has 1 atom stereocenters. The van der Waals surface area contributed by atoms with Crippen LogP contribution in [0.15, 0.2) is 35.2 Å². The topological polar surface area (TPSA) is 38.9 Å². The van der Waals surface area contributed by atoms with Crippen molar-refractivity contribution in [3.8, 4) is 11.3 Å². The number of hydrogen-bond donors (Lipinski definition) is 1. The fraction of sp³-hybridized carbons (Fsp3) is 0.182. The van der Waals surface area contributed by atoms with Crippen molar-refractivity contribution in [3.05, 3.63) is 40.7 Å². The van der Waals surface area contributed by atoms with Gasteiger partial charge in [-0.2, -0.15) is 0 Å². The molecule has 0 aliphatic rings. The molecule has 2 N–H and O–H groups in total. The van der Waals surface area contributed by atoms with Crippen molar-refractivity contribution in [2.24, 2.45) is 5.73 Å². The Labute approximate surface area is 87.4 Å². The Morgan fingerprint density at radius 3 is 2.93 bits per heavy atom. The van der Waals surface area contributed by atoms with E-state index in [9.17, 15) is 0 Å². The van der Waals surface area contributed by atoms with Crippen molar-refractivity contribution in [3.63, 3.8) is 0 Å². The van der Waals surface area contributed by atoms with E-state index in [0.29, 0.717) is 0 Å². The first-order valence-corrected chi connectivity index (χ1v) is 5.46. The van der Waals surface area contributed by atoms with Crippen molar-refractivity contribution in [1.29, 1.82) is 0 Å². The molecule has 2 nitrogen and oxygen atoms in total. The molecule has 0 bridgehead atoms. The molecule has 72 valence electrons. The molecule has 0 spiro atoms. The number of benzene rings is 1. The highest BCUT2D eigenvalue weighted by Crippen LogP contribution is 2.21. The maximum Gasteiger partial charge on any atom is 0.0811 e. The van der Waals surface area contributed by atoms with E-state index in [4.69, 9.17) is 5.73 Å². The van der Waals surface area contributed by atoms with Crippen LogP contribution in [-0.2, 0) is 0 Å². The number of thiazole rings is 1. The lowest BCUT2D eigenvalue weighted by Gasteiger charge is -2.06. The fourth-order valence-electron chi connectivity index (χ4n) is 1.34. The largest absolute Gasteiger partial charge is 0.324 e. The van der Waals surface area contributed by atoms with Gasteiger partial charge in [0.2, 0.25) is 0 Å². The first kappa shape index (κ1) is 9.37. The second kappa shape index (κ2) is 3.90. The van der Waals surface area contributed by atoms with Gasteiger partial charge in [-0.25, -0.2) is 4.98 Å². The first-order valence-electron chi connectivity index (χ1n) is 4.51. The van der Waals surface area contributed by atoms with Crippen LogP contribution in [-0.4, -0.2) is 4.98 Å². The summed E-state index contributed by atoms with van der Waals surface area (Å²) < 4.78 is 0. The molecule has 2 rings (SSSR count). The molecule has 0 saturated heterocycles. The van der Waals surface area contributed by atoms with E-state index in [2.05, 4.69) is 17.1 Å². The van der Waals surface area contributed by atoms with Crippen molar-refractivity contribution in [2.45, 2.75) is 13.0 Å². The van der Waals surface area contributed by atoms with Crippen LogP contribution >= 0.6 is 11.3 Å². The summed E-state index contributed by atoms with van der Waals surface area (Å²) in [5.74, 6) is 0. The van der Waals surface area contributed by atoms with Gasteiger partial charge in [-0.1, -0.05) is 18.2 Å². The Hall–Kier alpha value is -1.19. The van der Waals surface area contributed by atoms with Gasteiger partial charge in [-0.15, -0.1) is 11.3 Å². The zero-order valence-corrected chi connectivity index (χ0v) is 8.79. The van der Waals surface area contributed by atoms with Gasteiger partial charge in [0, 0.05) is 17.0 Å². The Morgan fingerprint density at radius 1 is 1.43 bits per heavy atom. The number of rotatable bonds is 2. The molecule has 3 heteroatoms. The maximum atomic E-state index is 5.82. The minimum absolute atomic E-state index is 0.0774. The van der Waals surface area contributed by atoms with E-state index in [1.54, 1.807) is 11.3 Å². The van der Waals surface area contributed by atoms with Gasteiger partial charge in [0.15, 0.2) is 0 Å². The lowest BCUT2D eigenvalue weighted by atomic mass is 10.0. The third kappa shape index (κ3) is 1.84. The summed E-state index contributed by atoms with van der Waals surface area (Å²) >= 11 is 1.61. The van der Waals surface area contributed by atoms with E-state index >= 15 is 0 Å². The predicted octanol–water partition coefficient (Wildman–Crippen LogP) is 2.83. The van der Waals surface area contributed by atoms with E-state index < -0.39 is 0 Å². The molecule has 1 heterocycles. The van der Waals surface area contributed by atoms with E-state index in [1.807, 2.05) is 29.9 Å². The normalized spacial score (nSPS) is 12.7. The lowest BCUT2D eigenvalue weighted by Crippen LogP contribution is -2.04. The Kier molecular flexibility index (Phi) is 2.61. The highest BCUT2D eigenvalue weighted by molar-refractivity contribution is 7.07. The molecule has 2 aromatic rings. The molecule has 1 aromatic heterocycles. The Morgan fingerprint density at radius 2 is 2.29 bits per heavy atom. The lowest BCUT2D eigenvalue weighted by molar-refractivity contribution is 0.818. The predicted molar refractivity (Wildman–Crippen MR) is 60.2 cm³/mol. The van der Waals surface area contributed by atoms with Gasteiger partial charge in [0.1, 0.15) is 0 Å². The third-order valence-corrected chi connectivity index (χ3v) is 2.73. The van der Waals surface area contributed by atoms with E-state index in [-0.39, 0.29) is 6.04 Å². The van der Waals surface area contributed by atoms with Crippen molar-refractivity contribution < 1.29 is 0 Å². The van der Waals surface area contributed by atoms with Crippen LogP contribution in [0.1, 0.15) is 18.5 Å². The Bertz CT molecular complexity index is 407. The highest BCUT2D eigenvalue weighted by atomic mass is 32.1. The molecule has 0 amide bonds. The van der Waals surface area contributed by atoms with Gasteiger partial charge in [-0.05, 0) is 18.6 Å². The highest BCUT2D eigenvalue weighted by Gasteiger charge is 2.03. The summed E-state index contributed by atoms with van der Waals surface area (Å²) in [6.07, 6.45) is 0. The quantitative estimate of drug-likeness (QED) is 0.817. The molecule has 0 radical (unpaired) electrons. The van der Waals surface area contributed by atoms with Gasteiger partial charge in [0.25, 0.3) is 0 Å². The van der Waals surface area contributed by atoms with Crippen LogP contribution in [0.25, 0.3) is 11.3 Å². The van der Waals surface area contributed by atoms with Gasteiger partial charge >= 0.3 is 0 Å². The molecule has 0 aliphatic carbocycles. The average Bonchev–Trinajstić information content (AvgIpc) is 2.71. The second-order valence-electron chi connectivity index (χ2n) is 3.29. The molecular formula is C11H12N2S. The van der Waals surface area contributed by atoms with Gasteiger partial charge < -0.3 is 5.73 Å². The average molecular weight is 204 g/mol. The smallest absolute Gasteiger partial charge is 0.0811 e. The van der Waals surface area contributed by atoms with Crippen LogP contribution in [0.3, 0.4) is 0 Å². The number of aromatic nitrogens is 1. The van der Waals surface area contributed by atoms with Crippen molar-refractivity contribution >= 4 is 11.3 Å². The summed E-state index contributed by atoms with van der Waals surface area (Å²) in [6.45, 7) is 1.99. The summed E-state index contributed by atoms with van der Waals surface area (Å²) in [5.41, 5.74) is 11.0. The van der Waals surface area contributed by atoms with Crippen LogP contribution in [0, 0.1) is 0 Å². The second-order valence-corrected chi connectivity index (χ2v) is 4.01. The standard InChI is InChI=1S/C11H12N2S/c1-8(12)9-3-2-4-10(5-9)11-6-14-7-13-11/h2-8H,12H2,1H3. The Balaban J connectivity index is 2.41. The molecular weight excluding hydrogens is 192 g/mol. The zero-order chi connectivity index (χ0) is 9.97. The van der Waals surface area contributed by atoms with Gasteiger partial charge in [0.05, 0.1) is 11.2 Å². The fourth-order valence-corrected chi connectivity index (χ4v) is 1.90. The minimum Gasteiger partial charge on any atom is -0.324 e. The molecule has 1 aromatic carbocycles.